The predicted molar refractivity (Wildman–Crippen MR) is 58.1 cm³/mol. The van der Waals surface area contributed by atoms with Crippen molar-refractivity contribution in [3.05, 3.63) is 29.3 Å². The van der Waals surface area contributed by atoms with Crippen LogP contribution in [0.25, 0.3) is 0 Å². The molecule has 0 saturated carbocycles. The maximum Gasteiger partial charge on any atom is 0.344 e. The number of carbonyl (C=O) groups is 3. The van der Waals surface area contributed by atoms with E-state index in [1.165, 1.54) is 6.92 Å². The molecule has 1 aromatic carbocycles. The van der Waals surface area contributed by atoms with E-state index in [9.17, 15) is 14.4 Å². The van der Waals surface area contributed by atoms with Crippen LogP contribution in [0.5, 0.6) is 5.75 Å². The van der Waals surface area contributed by atoms with E-state index in [-0.39, 0.29) is 16.9 Å². The molecular weight excluding hydrogens is 244 g/mol. The van der Waals surface area contributed by atoms with Crippen LogP contribution in [0.2, 0.25) is 0 Å². The fourth-order valence-electron chi connectivity index (χ4n) is 1.17. The lowest BCUT2D eigenvalue weighted by molar-refractivity contribution is -0.144. The second-order valence-corrected chi connectivity index (χ2v) is 3.45. The van der Waals surface area contributed by atoms with Gasteiger partial charge in [-0.05, 0) is 25.1 Å². The fraction of sp³-hybridized carbons (Fsp3) is 0.182. The topological polar surface area (TPSA) is 121 Å². The van der Waals surface area contributed by atoms with Crippen molar-refractivity contribution in [2.24, 2.45) is 0 Å². The second-order valence-electron chi connectivity index (χ2n) is 3.45. The van der Waals surface area contributed by atoms with Gasteiger partial charge in [0.2, 0.25) is 0 Å². The number of carboxylic acids is 3. The summed E-state index contributed by atoms with van der Waals surface area (Å²) in [6.45, 7) is 1.25. The van der Waals surface area contributed by atoms with Gasteiger partial charge in [-0.1, -0.05) is 0 Å². The van der Waals surface area contributed by atoms with Crippen molar-refractivity contribution in [2.45, 2.75) is 13.0 Å². The molecule has 96 valence electrons. The van der Waals surface area contributed by atoms with Crippen molar-refractivity contribution in [1.29, 1.82) is 0 Å². The van der Waals surface area contributed by atoms with E-state index in [0.717, 1.165) is 18.2 Å². The van der Waals surface area contributed by atoms with Gasteiger partial charge in [0.1, 0.15) is 5.75 Å². The fourth-order valence-corrected chi connectivity index (χ4v) is 1.17. The SMILES string of the molecule is C[C@H](Oc1cc(C(=O)O)cc(C(=O)O)c1)C(=O)O. The number of benzene rings is 1. The maximum absolute atomic E-state index is 10.8. The van der Waals surface area contributed by atoms with Gasteiger partial charge in [0.05, 0.1) is 11.1 Å². The van der Waals surface area contributed by atoms with Gasteiger partial charge < -0.3 is 20.1 Å². The Kier molecular flexibility index (Phi) is 3.88. The van der Waals surface area contributed by atoms with E-state index in [1.54, 1.807) is 0 Å². The third kappa shape index (κ3) is 3.21. The molecule has 7 heteroatoms. The number of aliphatic carboxylic acids is 1. The normalized spacial score (nSPS) is 11.6. The molecule has 0 fully saturated rings. The van der Waals surface area contributed by atoms with E-state index in [1.807, 2.05) is 0 Å². The van der Waals surface area contributed by atoms with Gasteiger partial charge in [0.15, 0.2) is 6.10 Å². The van der Waals surface area contributed by atoms with Crippen molar-refractivity contribution in [3.8, 4) is 5.75 Å². The maximum atomic E-state index is 10.8. The van der Waals surface area contributed by atoms with E-state index < -0.39 is 24.0 Å². The summed E-state index contributed by atoms with van der Waals surface area (Å²) in [4.78, 5) is 32.1. The lowest BCUT2D eigenvalue weighted by atomic mass is 10.1. The van der Waals surface area contributed by atoms with E-state index in [2.05, 4.69) is 0 Å². The highest BCUT2D eigenvalue weighted by atomic mass is 16.5. The molecule has 1 rings (SSSR count). The van der Waals surface area contributed by atoms with Gasteiger partial charge in [-0.3, -0.25) is 0 Å². The van der Waals surface area contributed by atoms with Gasteiger partial charge >= 0.3 is 17.9 Å². The van der Waals surface area contributed by atoms with Crippen LogP contribution in [0.1, 0.15) is 27.6 Å². The largest absolute Gasteiger partial charge is 0.479 e. The first-order chi connectivity index (χ1) is 8.31. The van der Waals surface area contributed by atoms with Crippen molar-refractivity contribution < 1.29 is 34.4 Å². The molecule has 1 aromatic rings. The summed E-state index contributed by atoms with van der Waals surface area (Å²) in [5, 5.41) is 26.2. The number of aromatic carboxylic acids is 2. The Morgan fingerprint density at radius 2 is 1.44 bits per heavy atom. The number of rotatable bonds is 5. The minimum Gasteiger partial charge on any atom is -0.479 e. The van der Waals surface area contributed by atoms with Crippen LogP contribution in [0.4, 0.5) is 0 Å². The summed E-state index contributed by atoms with van der Waals surface area (Å²) in [6, 6.07) is 3.09. The van der Waals surface area contributed by atoms with Crippen LogP contribution in [0.15, 0.2) is 18.2 Å². The number of ether oxygens (including phenoxy) is 1. The summed E-state index contributed by atoms with van der Waals surface area (Å²) in [5.74, 6) is -4.02. The van der Waals surface area contributed by atoms with E-state index in [0.29, 0.717) is 0 Å². The molecule has 0 aliphatic rings. The highest BCUT2D eigenvalue weighted by Gasteiger charge is 2.16. The Balaban J connectivity index is 3.15. The molecule has 0 unspecified atom stereocenters. The molecule has 0 bridgehead atoms. The van der Waals surface area contributed by atoms with Gasteiger partial charge in [0, 0.05) is 0 Å². The van der Waals surface area contributed by atoms with Crippen LogP contribution in [-0.2, 0) is 4.79 Å². The van der Waals surface area contributed by atoms with Crippen LogP contribution < -0.4 is 4.74 Å². The zero-order chi connectivity index (χ0) is 13.9. The molecule has 0 saturated heterocycles. The smallest absolute Gasteiger partial charge is 0.344 e. The van der Waals surface area contributed by atoms with Crippen molar-refractivity contribution in [2.75, 3.05) is 0 Å². The summed E-state index contributed by atoms with van der Waals surface area (Å²) in [7, 11) is 0. The standard InChI is InChI=1S/C11H10O7/c1-5(9(12)13)18-8-3-6(10(14)15)2-7(4-8)11(16)17/h2-5H,1H3,(H,12,13)(H,14,15)(H,16,17)/t5-/m0/s1. The van der Waals surface area contributed by atoms with Gasteiger partial charge in [-0.15, -0.1) is 0 Å². The second kappa shape index (κ2) is 5.17. The average Bonchev–Trinajstić information content (AvgIpc) is 2.28. The molecule has 0 aliphatic heterocycles. The molecule has 18 heavy (non-hydrogen) atoms. The summed E-state index contributed by atoms with van der Waals surface area (Å²) < 4.78 is 4.93. The predicted octanol–water partition coefficient (Wildman–Crippen LogP) is 0.935. The highest BCUT2D eigenvalue weighted by Crippen LogP contribution is 2.19. The molecule has 3 N–H and O–H groups in total. The monoisotopic (exact) mass is 254 g/mol. The average molecular weight is 254 g/mol. The summed E-state index contributed by atoms with van der Waals surface area (Å²) in [5.41, 5.74) is -0.579. The molecule has 0 radical (unpaired) electrons. The lowest BCUT2D eigenvalue weighted by Crippen LogP contribution is -2.23. The Morgan fingerprint density at radius 1 is 1.00 bits per heavy atom. The molecule has 7 nitrogen and oxygen atoms in total. The zero-order valence-corrected chi connectivity index (χ0v) is 9.28. The number of hydrogen-bond acceptors (Lipinski definition) is 4. The van der Waals surface area contributed by atoms with E-state index >= 15 is 0 Å². The van der Waals surface area contributed by atoms with Gasteiger partial charge in [0.25, 0.3) is 0 Å². The highest BCUT2D eigenvalue weighted by molar-refractivity contribution is 5.94. The Bertz CT molecular complexity index is 474. The Hall–Kier alpha value is -2.57. The molecule has 0 aliphatic carbocycles. The number of carboxylic acid groups (broad SMARTS) is 3. The van der Waals surface area contributed by atoms with Crippen LogP contribution >= 0.6 is 0 Å². The molecule has 0 amide bonds. The van der Waals surface area contributed by atoms with Crippen LogP contribution in [0.3, 0.4) is 0 Å². The van der Waals surface area contributed by atoms with Gasteiger partial charge in [-0.25, -0.2) is 14.4 Å². The quantitative estimate of drug-likeness (QED) is 0.714. The summed E-state index contributed by atoms with van der Waals surface area (Å²) >= 11 is 0. The zero-order valence-electron chi connectivity index (χ0n) is 9.28. The lowest BCUT2D eigenvalue weighted by Gasteiger charge is -2.11. The Labute approximate surface area is 101 Å². The molecule has 0 spiro atoms. The molecular formula is C11H10O7. The third-order valence-corrected chi connectivity index (χ3v) is 2.06. The third-order valence-electron chi connectivity index (χ3n) is 2.06. The van der Waals surface area contributed by atoms with Crippen LogP contribution in [-0.4, -0.2) is 39.3 Å². The first kappa shape index (κ1) is 13.5. The summed E-state index contributed by atoms with van der Waals surface area (Å²) in [6.07, 6.45) is -1.21. The first-order valence-electron chi connectivity index (χ1n) is 4.82. The Morgan fingerprint density at radius 3 is 1.78 bits per heavy atom. The van der Waals surface area contributed by atoms with Crippen molar-refractivity contribution in [3.63, 3.8) is 0 Å². The van der Waals surface area contributed by atoms with Gasteiger partial charge in [-0.2, -0.15) is 0 Å². The molecule has 1 atom stereocenters. The molecule has 0 aromatic heterocycles. The van der Waals surface area contributed by atoms with Crippen LogP contribution in [0, 0.1) is 0 Å². The first-order valence-corrected chi connectivity index (χ1v) is 4.82. The number of hydrogen-bond donors (Lipinski definition) is 3. The van der Waals surface area contributed by atoms with E-state index in [4.69, 9.17) is 20.1 Å². The van der Waals surface area contributed by atoms with Crippen molar-refractivity contribution in [1.82, 2.24) is 0 Å². The minimum absolute atomic E-state index is 0.123. The minimum atomic E-state index is -1.33. The molecule has 0 heterocycles. The van der Waals surface area contributed by atoms with Crippen molar-refractivity contribution >= 4 is 17.9 Å².